The summed E-state index contributed by atoms with van der Waals surface area (Å²) in [6.45, 7) is 0.798. The van der Waals surface area contributed by atoms with Crippen molar-refractivity contribution in [1.29, 1.82) is 0 Å². The highest BCUT2D eigenvalue weighted by molar-refractivity contribution is 7.84. The summed E-state index contributed by atoms with van der Waals surface area (Å²) in [6.07, 6.45) is 14.1. The van der Waals surface area contributed by atoms with Gasteiger partial charge in [0.25, 0.3) is 0 Å². The largest absolute Gasteiger partial charge is 0.367 e. The van der Waals surface area contributed by atoms with E-state index in [1.807, 2.05) is 6.07 Å². The molecule has 2 fully saturated rings. The lowest BCUT2D eigenvalue weighted by atomic mass is 9.79. The van der Waals surface area contributed by atoms with Gasteiger partial charge in [-0.15, -0.1) is 11.3 Å². The number of rotatable bonds is 9. The smallest absolute Gasteiger partial charge is 0.333 e. The van der Waals surface area contributed by atoms with Crippen LogP contribution < -0.4 is 10.5 Å². The Morgan fingerprint density at radius 2 is 2.19 bits per heavy atom. The van der Waals surface area contributed by atoms with Crippen LogP contribution in [-0.2, 0) is 24.8 Å². The minimum Gasteiger partial charge on any atom is -0.367 e. The lowest BCUT2D eigenvalue weighted by molar-refractivity contribution is 0.0285. The quantitative estimate of drug-likeness (QED) is 0.365. The van der Waals surface area contributed by atoms with Gasteiger partial charge in [0.1, 0.15) is 17.7 Å². The van der Waals surface area contributed by atoms with E-state index in [-0.39, 0.29) is 24.3 Å². The Morgan fingerprint density at radius 1 is 1.31 bits per heavy atom. The van der Waals surface area contributed by atoms with Gasteiger partial charge in [-0.25, -0.2) is 15.1 Å². The molecule has 3 aliphatic rings. The van der Waals surface area contributed by atoms with Gasteiger partial charge < -0.3 is 10.1 Å². The fraction of sp³-hybridized carbons (Fsp3) is 0.560. The van der Waals surface area contributed by atoms with Crippen molar-refractivity contribution >= 4 is 33.2 Å². The number of hydrogen-bond donors (Lipinski definition) is 2. The highest BCUT2D eigenvalue weighted by Gasteiger charge is 2.41. The number of thiophene rings is 1. The highest BCUT2D eigenvalue weighted by atomic mass is 32.2. The topological polar surface area (TPSA) is 134 Å². The summed E-state index contributed by atoms with van der Waals surface area (Å²) in [6, 6.07) is 2.04. The molecular formula is C25H32N4O5S2. The monoisotopic (exact) mass is 532 g/mol. The highest BCUT2D eigenvalue weighted by Crippen LogP contribution is 2.47. The predicted octanol–water partition coefficient (Wildman–Crippen LogP) is 4.08. The Morgan fingerprint density at radius 3 is 2.94 bits per heavy atom. The SMILES string of the molecule is NS(=O)(=O)OC[C@@H]1CC[C@H](Nc2ncncc2C(=O)c2cc(C3(C4=CCCCC4)CCCO3)cs2)C1. The number of aromatic nitrogens is 2. The first-order chi connectivity index (χ1) is 17.3. The number of nitrogens with two attached hydrogens (primary N) is 1. The average molecular weight is 533 g/mol. The maximum atomic E-state index is 13.6. The summed E-state index contributed by atoms with van der Waals surface area (Å²) in [5.74, 6) is 0.440. The number of ketones is 1. The molecule has 0 radical (unpaired) electrons. The van der Waals surface area contributed by atoms with Crippen LogP contribution in [-0.4, -0.2) is 43.4 Å². The molecule has 2 aliphatic carbocycles. The number of hydrogen-bond acceptors (Lipinski definition) is 9. The van der Waals surface area contributed by atoms with E-state index in [1.165, 1.54) is 36.1 Å². The summed E-state index contributed by atoms with van der Waals surface area (Å²) in [7, 11) is -3.95. The van der Waals surface area contributed by atoms with Crippen molar-refractivity contribution in [3.63, 3.8) is 0 Å². The Hall–Kier alpha value is -2.18. The van der Waals surface area contributed by atoms with Gasteiger partial charge in [0, 0.05) is 18.8 Å². The predicted molar refractivity (Wildman–Crippen MR) is 137 cm³/mol. The van der Waals surface area contributed by atoms with Crippen LogP contribution in [0.3, 0.4) is 0 Å². The van der Waals surface area contributed by atoms with Gasteiger partial charge in [0.15, 0.2) is 0 Å². The molecule has 0 bridgehead atoms. The molecule has 0 spiro atoms. The Bertz CT molecular complexity index is 1240. The molecule has 3 N–H and O–H groups in total. The zero-order valence-corrected chi connectivity index (χ0v) is 21.8. The van der Waals surface area contributed by atoms with Gasteiger partial charge in [-0.05, 0) is 86.3 Å². The lowest BCUT2D eigenvalue weighted by Crippen LogP contribution is -2.28. The Labute approximate surface area is 215 Å². The standard InChI is InChI=1S/C25H32N4O5S2/c26-36(31,32)34-14-17-7-8-20(11-17)29-24-21(13-27-16-28-24)23(30)22-12-19(15-35-22)25(9-4-10-33-25)18-5-2-1-3-6-18/h5,12-13,15-17,20H,1-4,6-11,14H2,(H2,26,31,32)(H,27,28,29)/t17-,20+,25?/m1/s1. The molecule has 1 saturated carbocycles. The van der Waals surface area contributed by atoms with Gasteiger partial charge in [0.05, 0.1) is 17.0 Å². The van der Waals surface area contributed by atoms with E-state index in [4.69, 9.17) is 14.1 Å². The number of anilines is 1. The summed E-state index contributed by atoms with van der Waals surface area (Å²) in [4.78, 5) is 22.7. The fourth-order valence-corrected chi connectivity index (χ4v) is 6.97. The number of nitrogens with zero attached hydrogens (tertiary/aromatic N) is 2. The Kier molecular flexibility index (Phi) is 7.55. The Balaban J connectivity index is 1.31. The van der Waals surface area contributed by atoms with Crippen molar-refractivity contribution in [2.75, 3.05) is 18.5 Å². The van der Waals surface area contributed by atoms with Crippen LogP contribution in [0.1, 0.15) is 78.6 Å². The second-order valence-electron chi connectivity index (χ2n) is 9.87. The number of allylic oxidation sites excluding steroid dienone is 1. The summed E-state index contributed by atoms with van der Waals surface area (Å²) < 4.78 is 33.3. The molecule has 1 aliphatic heterocycles. The molecule has 194 valence electrons. The van der Waals surface area contributed by atoms with Gasteiger partial charge in [-0.1, -0.05) is 6.08 Å². The van der Waals surface area contributed by atoms with E-state index in [0.29, 0.717) is 22.7 Å². The third kappa shape index (κ3) is 5.55. The molecule has 11 heteroatoms. The van der Waals surface area contributed by atoms with Crippen LogP contribution in [0.4, 0.5) is 5.82 Å². The molecule has 1 saturated heterocycles. The van der Waals surface area contributed by atoms with Crippen LogP contribution >= 0.6 is 11.3 Å². The van der Waals surface area contributed by atoms with Crippen molar-refractivity contribution in [2.24, 2.45) is 11.1 Å². The van der Waals surface area contributed by atoms with Crippen LogP contribution in [0, 0.1) is 5.92 Å². The first-order valence-electron chi connectivity index (χ1n) is 12.5. The van der Waals surface area contributed by atoms with E-state index in [1.54, 1.807) is 6.20 Å². The van der Waals surface area contributed by atoms with E-state index in [9.17, 15) is 13.2 Å². The van der Waals surface area contributed by atoms with Crippen molar-refractivity contribution in [3.05, 3.63) is 51.6 Å². The molecule has 3 atom stereocenters. The lowest BCUT2D eigenvalue weighted by Gasteiger charge is -2.33. The summed E-state index contributed by atoms with van der Waals surface area (Å²) in [5.41, 5.74) is 2.45. The molecule has 1 unspecified atom stereocenters. The maximum absolute atomic E-state index is 13.6. The van der Waals surface area contributed by atoms with E-state index < -0.39 is 15.9 Å². The van der Waals surface area contributed by atoms with Crippen LogP contribution in [0.5, 0.6) is 0 Å². The second kappa shape index (κ2) is 10.7. The van der Waals surface area contributed by atoms with E-state index in [0.717, 1.165) is 50.7 Å². The first kappa shape index (κ1) is 25.5. The second-order valence-corrected chi connectivity index (χ2v) is 12.0. The number of carbonyl (C=O) groups is 1. The van der Waals surface area contributed by atoms with Crippen molar-refractivity contribution in [3.8, 4) is 0 Å². The summed E-state index contributed by atoms with van der Waals surface area (Å²) in [5, 5.41) is 10.4. The molecular weight excluding hydrogens is 500 g/mol. The van der Waals surface area contributed by atoms with Gasteiger partial charge >= 0.3 is 10.3 Å². The van der Waals surface area contributed by atoms with Crippen molar-refractivity contribution < 1.29 is 22.1 Å². The third-order valence-corrected chi connectivity index (χ3v) is 8.82. The molecule has 0 aromatic carbocycles. The molecule has 36 heavy (non-hydrogen) atoms. The van der Waals surface area contributed by atoms with Gasteiger partial charge in [0.2, 0.25) is 5.78 Å². The molecule has 2 aromatic rings. The van der Waals surface area contributed by atoms with Gasteiger partial charge in [-0.2, -0.15) is 8.42 Å². The van der Waals surface area contributed by atoms with Crippen molar-refractivity contribution in [1.82, 2.24) is 9.97 Å². The third-order valence-electron chi connectivity index (χ3n) is 7.43. The minimum absolute atomic E-state index is 0.0489. The van der Waals surface area contributed by atoms with Crippen LogP contribution in [0.15, 0.2) is 35.6 Å². The number of ether oxygens (including phenoxy) is 1. The number of nitrogens with one attached hydrogen (secondary N) is 1. The summed E-state index contributed by atoms with van der Waals surface area (Å²) >= 11 is 1.44. The fourth-order valence-electron chi connectivity index (χ4n) is 5.66. The van der Waals surface area contributed by atoms with E-state index >= 15 is 0 Å². The van der Waals surface area contributed by atoms with E-state index in [2.05, 4.69) is 26.7 Å². The molecule has 9 nitrogen and oxygen atoms in total. The average Bonchev–Trinajstić information content (AvgIpc) is 3.64. The molecule has 2 aromatic heterocycles. The molecule has 0 amide bonds. The minimum atomic E-state index is -3.95. The normalized spacial score (nSPS) is 26.6. The van der Waals surface area contributed by atoms with Gasteiger partial charge in [-0.3, -0.25) is 8.98 Å². The zero-order chi connectivity index (χ0) is 25.2. The maximum Gasteiger partial charge on any atom is 0.333 e. The van der Waals surface area contributed by atoms with Crippen LogP contribution in [0.25, 0.3) is 0 Å². The van der Waals surface area contributed by atoms with Crippen molar-refractivity contribution in [2.45, 2.75) is 69.4 Å². The number of carbonyl (C=O) groups excluding carboxylic acids is 1. The van der Waals surface area contributed by atoms with Crippen LogP contribution in [0.2, 0.25) is 0 Å². The molecule has 3 heterocycles. The zero-order valence-electron chi connectivity index (χ0n) is 20.1. The first-order valence-corrected chi connectivity index (χ1v) is 14.9. The molecule has 5 rings (SSSR count).